The molecule has 5 heteroatoms. The Kier molecular flexibility index (Phi) is 5.38. The Morgan fingerprint density at radius 3 is 2.65 bits per heavy atom. The zero-order valence-corrected chi connectivity index (χ0v) is 12.1. The number of hydrogen-bond donors (Lipinski definition) is 1. The van der Waals surface area contributed by atoms with Gasteiger partial charge in [0, 0.05) is 26.2 Å². The smallest absolute Gasteiger partial charge is 0.243 e. The van der Waals surface area contributed by atoms with Crippen LogP contribution in [0.25, 0.3) is 0 Å². The number of nitrogens with one attached hydrogen (secondary N) is 1. The number of carbonyl (C=O) groups excluding carboxylic acids is 1. The van der Waals surface area contributed by atoms with E-state index in [-0.39, 0.29) is 12.2 Å². The molecule has 110 valence electrons. The lowest BCUT2D eigenvalue weighted by atomic mass is 10.2. The molecule has 0 radical (unpaired) electrons. The average molecular weight is 278 g/mol. The molecule has 0 atom stereocenters. The van der Waals surface area contributed by atoms with Gasteiger partial charge in [-0.2, -0.15) is 0 Å². The molecule has 0 saturated carbocycles. The molecule has 1 aromatic rings. The van der Waals surface area contributed by atoms with Crippen molar-refractivity contribution in [1.82, 2.24) is 0 Å². The van der Waals surface area contributed by atoms with Gasteiger partial charge < -0.3 is 19.7 Å². The number of anilines is 2. The molecule has 0 fully saturated rings. The van der Waals surface area contributed by atoms with E-state index >= 15 is 0 Å². The Balaban J connectivity index is 2.00. The van der Waals surface area contributed by atoms with Gasteiger partial charge in [0.2, 0.25) is 5.91 Å². The summed E-state index contributed by atoms with van der Waals surface area (Å²) >= 11 is 0. The molecule has 1 aromatic carbocycles. The number of carbonyl (C=O) groups is 1. The van der Waals surface area contributed by atoms with E-state index < -0.39 is 0 Å². The maximum atomic E-state index is 11.7. The van der Waals surface area contributed by atoms with Crippen LogP contribution >= 0.6 is 0 Å². The van der Waals surface area contributed by atoms with Crippen LogP contribution in [0, 0.1) is 0 Å². The predicted molar refractivity (Wildman–Crippen MR) is 78.9 cm³/mol. The highest BCUT2D eigenvalue weighted by Gasteiger charge is 2.22. The van der Waals surface area contributed by atoms with Gasteiger partial charge in [-0.1, -0.05) is 12.1 Å². The molecular formula is C15H22N2O3. The summed E-state index contributed by atoms with van der Waals surface area (Å²) in [5.74, 6) is 0.0214. The SMILES string of the molecule is CCOC(CCN1CC(=O)Nc2ccccc21)OCC. The fraction of sp³-hybridized carbons (Fsp3) is 0.533. The van der Waals surface area contributed by atoms with E-state index in [1.165, 1.54) is 0 Å². The van der Waals surface area contributed by atoms with E-state index in [0.717, 1.165) is 24.3 Å². The topological polar surface area (TPSA) is 50.8 Å². The van der Waals surface area contributed by atoms with Crippen LogP contribution in [0.4, 0.5) is 11.4 Å². The van der Waals surface area contributed by atoms with E-state index in [0.29, 0.717) is 19.8 Å². The van der Waals surface area contributed by atoms with Crippen molar-refractivity contribution < 1.29 is 14.3 Å². The van der Waals surface area contributed by atoms with Gasteiger partial charge in [-0.05, 0) is 26.0 Å². The molecule has 1 N–H and O–H groups in total. The van der Waals surface area contributed by atoms with Crippen molar-refractivity contribution >= 4 is 17.3 Å². The monoisotopic (exact) mass is 278 g/mol. The normalized spacial score (nSPS) is 14.3. The lowest BCUT2D eigenvalue weighted by molar-refractivity contribution is -0.138. The van der Waals surface area contributed by atoms with Crippen LogP contribution in [0.5, 0.6) is 0 Å². The van der Waals surface area contributed by atoms with Crippen LogP contribution < -0.4 is 10.2 Å². The first kappa shape index (κ1) is 14.8. The van der Waals surface area contributed by atoms with Crippen LogP contribution in [-0.2, 0) is 14.3 Å². The minimum absolute atomic E-state index is 0.0214. The molecule has 1 aliphatic heterocycles. The zero-order valence-electron chi connectivity index (χ0n) is 12.1. The Labute approximate surface area is 119 Å². The molecule has 1 aliphatic rings. The van der Waals surface area contributed by atoms with Crippen molar-refractivity contribution in [2.24, 2.45) is 0 Å². The van der Waals surface area contributed by atoms with Crippen LogP contribution in [-0.4, -0.2) is 38.5 Å². The van der Waals surface area contributed by atoms with E-state index in [4.69, 9.17) is 9.47 Å². The van der Waals surface area contributed by atoms with Gasteiger partial charge in [-0.3, -0.25) is 4.79 Å². The third-order valence-electron chi connectivity index (χ3n) is 3.19. The molecule has 1 amide bonds. The molecule has 2 rings (SSSR count). The number of hydrogen-bond acceptors (Lipinski definition) is 4. The number of amides is 1. The Hall–Kier alpha value is -1.59. The highest BCUT2D eigenvalue weighted by atomic mass is 16.7. The maximum absolute atomic E-state index is 11.7. The Morgan fingerprint density at radius 2 is 1.95 bits per heavy atom. The van der Waals surface area contributed by atoms with Crippen molar-refractivity contribution in [3.63, 3.8) is 0 Å². The second kappa shape index (κ2) is 7.26. The van der Waals surface area contributed by atoms with Crippen LogP contribution in [0.3, 0.4) is 0 Å². The molecule has 20 heavy (non-hydrogen) atoms. The molecule has 0 aliphatic carbocycles. The Bertz CT molecular complexity index is 444. The van der Waals surface area contributed by atoms with E-state index in [2.05, 4.69) is 10.2 Å². The maximum Gasteiger partial charge on any atom is 0.243 e. The molecule has 0 unspecified atom stereocenters. The van der Waals surface area contributed by atoms with Gasteiger partial charge >= 0.3 is 0 Å². The van der Waals surface area contributed by atoms with Crippen molar-refractivity contribution in [2.45, 2.75) is 26.6 Å². The minimum atomic E-state index is -0.206. The summed E-state index contributed by atoms with van der Waals surface area (Å²) in [7, 11) is 0. The summed E-state index contributed by atoms with van der Waals surface area (Å²) in [4.78, 5) is 13.8. The summed E-state index contributed by atoms with van der Waals surface area (Å²) < 4.78 is 11.1. The fourth-order valence-electron chi connectivity index (χ4n) is 2.35. The van der Waals surface area contributed by atoms with Gasteiger partial charge in [0.25, 0.3) is 0 Å². The number of rotatable bonds is 7. The summed E-state index contributed by atoms with van der Waals surface area (Å²) in [6.07, 6.45) is 0.533. The predicted octanol–water partition coefficient (Wildman–Crippen LogP) is 2.23. The third-order valence-corrected chi connectivity index (χ3v) is 3.19. The van der Waals surface area contributed by atoms with Crippen LogP contribution in [0.2, 0.25) is 0 Å². The van der Waals surface area contributed by atoms with E-state index in [9.17, 15) is 4.79 Å². The number of fused-ring (bicyclic) bond motifs is 1. The first-order valence-electron chi connectivity index (χ1n) is 7.11. The van der Waals surface area contributed by atoms with Gasteiger partial charge in [-0.25, -0.2) is 0 Å². The Morgan fingerprint density at radius 1 is 1.25 bits per heavy atom. The molecular weight excluding hydrogens is 256 g/mol. The van der Waals surface area contributed by atoms with Crippen LogP contribution in [0.1, 0.15) is 20.3 Å². The lowest BCUT2D eigenvalue weighted by Gasteiger charge is -2.31. The first-order chi connectivity index (χ1) is 9.74. The van der Waals surface area contributed by atoms with Crippen molar-refractivity contribution in [1.29, 1.82) is 0 Å². The first-order valence-corrected chi connectivity index (χ1v) is 7.11. The second-order valence-corrected chi connectivity index (χ2v) is 4.62. The second-order valence-electron chi connectivity index (χ2n) is 4.62. The number of nitrogens with zero attached hydrogens (tertiary/aromatic N) is 1. The third kappa shape index (κ3) is 3.71. The number of para-hydroxylation sites is 2. The van der Waals surface area contributed by atoms with Gasteiger partial charge in [0.1, 0.15) is 0 Å². The van der Waals surface area contributed by atoms with Crippen LogP contribution in [0.15, 0.2) is 24.3 Å². The summed E-state index contributed by atoms with van der Waals surface area (Å²) in [6.45, 7) is 6.27. The average Bonchev–Trinajstić information content (AvgIpc) is 2.44. The van der Waals surface area contributed by atoms with E-state index in [1.54, 1.807) is 0 Å². The minimum Gasteiger partial charge on any atom is -0.360 e. The van der Waals surface area contributed by atoms with Gasteiger partial charge in [-0.15, -0.1) is 0 Å². The summed E-state index contributed by atoms with van der Waals surface area (Å²) in [5.41, 5.74) is 1.92. The number of ether oxygens (including phenoxy) is 2. The molecule has 0 spiro atoms. The molecule has 5 nitrogen and oxygen atoms in total. The quantitative estimate of drug-likeness (QED) is 0.777. The lowest BCUT2D eigenvalue weighted by Crippen LogP contribution is -2.40. The zero-order chi connectivity index (χ0) is 14.4. The number of benzene rings is 1. The molecule has 0 aromatic heterocycles. The van der Waals surface area contributed by atoms with E-state index in [1.807, 2.05) is 38.1 Å². The van der Waals surface area contributed by atoms with Gasteiger partial charge in [0.15, 0.2) is 6.29 Å². The van der Waals surface area contributed by atoms with Gasteiger partial charge in [0.05, 0.1) is 17.9 Å². The molecule has 0 bridgehead atoms. The summed E-state index contributed by atoms with van der Waals surface area (Å²) in [5, 5.41) is 2.88. The molecule has 1 heterocycles. The highest BCUT2D eigenvalue weighted by Crippen LogP contribution is 2.29. The fourth-order valence-corrected chi connectivity index (χ4v) is 2.35. The van der Waals surface area contributed by atoms with Crippen molar-refractivity contribution in [2.75, 3.05) is 36.5 Å². The molecule has 0 saturated heterocycles. The largest absolute Gasteiger partial charge is 0.360 e. The summed E-state index contributed by atoms with van der Waals surface area (Å²) in [6, 6.07) is 7.84. The highest BCUT2D eigenvalue weighted by molar-refractivity contribution is 6.01. The van der Waals surface area contributed by atoms with Crippen molar-refractivity contribution in [3.8, 4) is 0 Å². The van der Waals surface area contributed by atoms with Crippen molar-refractivity contribution in [3.05, 3.63) is 24.3 Å². The standard InChI is InChI=1S/C15H22N2O3/c1-3-19-15(20-4-2)9-10-17-11-14(18)16-12-7-5-6-8-13(12)17/h5-8,15H,3-4,9-11H2,1-2H3,(H,16,18).